The molecule has 0 saturated carbocycles. The van der Waals surface area contributed by atoms with Gasteiger partial charge in [0.1, 0.15) is 6.54 Å². The highest BCUT2D eigenvalue weighted by molar-refractivity contribution is 5.81. The van der Waals surface area contributed by atoms with Crippen molar-refractivity contribution in [1.29, 1.82) is 0 Å². The van der Waals surface area contributed by atoms with E-state index in [4.69, 9.17) is 4.74 Å². The van der Waals surface area contributed by atoms with Gasteiger partial charge in [0, 0.05) is 13.6 Å². The van der Waals surface area contributed by atoms with Crippen molar-refractivity contribution in [3.05, 3.63) is 0 Å². The van der Waals surface area contributed by atoms with E-state index >= 15 is 0 Å². The molecule has 5 heteroatoms. The third kappa shape index (κ3) is 4.69. The molecule has 0 aliphatic heterocycles. The van der Waals surface area contributed by atoms with Gasteiger partial charge in [0.2, 0.25) is 5.91 Å². The molecule has 0 aliphatic rings. The van der Waals surface area contributed by atoms with Gasteiger partial charge in [-0.05, 0) is 20.8 Å². The quantitative estimate of drug-likeness (QED) is 0.726. The SMILES string of the molecule is CCN(CC(=O)NC)C(=O)OC(C)C. The van der Waals surface area contributed by atoms with Gasteiger partial charge in [0.25, 0.3) is 0 Å². The van der Waals surface area contributed by atoms with Gasteiger partial charge in [0.15, 0.2) is 0 Å². The maximum Gasteiger partial charge on any atom is 0.410 e. The van der Waals surface area contributed by atoms with Crippen LogP contribution in [0.25, 0.3) is 0 Å². The summed E-state index contributed by atoms with van der Waals surface area (Å²) in [5.41, 5.74) is 0. The van der Waals surface area contributed by atoms with E-state index in [-0.39, 0.29) is 18.6 Å². The summed E-state index contributed by atoms with van der Waals surface area (Å²) in [4.78, 5) is 23.7. The van der Waals surface area contributed by atoms with Crippen LogP contribution in [0.2, 0.25) is 0 Å². The summed E-state index contributed by atoms with van der Waals surface area (Å²) < 4.78 is 4.96. The van der Waals surface area contributed by atoms with E-state index in [0.29, 0.717) is 6.54 Å². The molecule has 0 radical (unpaired) electrons. The fourth-order valence-electron chi connectivity index (χ4n) is 0.834. The summed E-state index contributed by atoms with van der Waals surface area (Å²) in [6.07, 6.45) is -0.618. The van der Waals surface area contributed by atoms with E-state index in [9.17, 15) is 9.59 Å². The first-order valence-corrected chi connectivity index (χ1v) is 4.67. The minimum absolute atomic E-state index is 0.0402. The monoisotopic (exact) mass is 202 g/mol. The van der Waals surface area contributed by atoms with Gasteiger partial charge in [-0.3, -0.25) is 9.69 Å². The summed E-state index contributed by atoms with van der Waals surface area (Å²) >= 11 is 0. The lowest BCUT2D eigenvalue weighted by atomic mass is 10.4. The molecule has 0 aromatic rings. The average Bonchev–Trinajstić information content (AvgIpc) is 2.12. The summed E-state index contributed by atoms with van der Waals surface area (Å²) in [5.74, 6) is -0.201. The smallest absolute Gasteiger partial charge is 0.410 e. The molecular formula is C9H18N2O3. The van der Waals surface area contributed by atoms with E-state index in [0.717, 1.165) is 0 Å². The number of carbonyl (C=O) groups excluding carboxylic acids is 2. The Morgan fingerprint density at radius 2 is 2.00 bits per heavy atom. The third-order valence-corrected chi connectivity index (χ3v) is 1.59. The molecule has 1 N–H and O–H groups in total. The van der Waals surface area contributed by atoms with Gasteiger partial charge in [0.05, 0.1) is 6.10 Å². The molecule has 0 aliphatic carbocycles. The van der Waals surface area contributed by atoms with Gasteiger partial charge < -0.3 is 10.1 Å². The maximum atomic E-state index is 11.4. The van der Waals surface area contributed by atoms with Crippen LogP contribution < -0.4 is 5.32 Å². The van der Waals surface area contributed by atoms with Crippen molar-refractivity contribution in [2.45, 2.75) is 26.9 Å². The van der Waals surface area contributed by atoms with Crippen LogP contribution in [-0.4, -0.2) is 43.1 Å². The van der Waals surface area contributed by atoms with Crippen LogP contribution in [-0.2, 0) is 9.53 Å². The second-order valence-corrected chi connectivity index (χ2v) is 3.12. The maximum absolute atomic E-state index is 11.4. The summed E-state index contributed by atoms with van der Waals surface area (Å²) in [5, 5.41) is 2.45. The Hall–Kier alpha value is -1.26. The zero-order valence-corrected chi connectivity index (χ0v) is 9.16. The van der Waals surface area contributed by atoms with Gasteiger partial charge in [-0.1, -0.05) is 0 Å². The van der Waals surface area contributed by atoms with Crippen LogP contribution in [0.3, 0.4) is 0 Å². The second-order valence-electron chi connectivity index (χ2n) is 3.12. The Morgan fingerprint density at radius 3 is 2.36 bits per heavy atom. The van der Waals surface area contributed by atoms with Crippen molar-refractivity contribution in [2.24, 2.45) is 0 Å². The van der Waals surface area contributed by atoms with Crippen molar-refractivity contribution >= 4 is 12.0 Å². The number of hydrogen-bond acceptors (Lipinski definition) is 3. The molecule has 0 saturated heterocycles. The Labute approximate surface area is 84.4 Å². The molecule has 0 spiro atoms. The van der Waals surface area contributed by atoms with Crippen LogP contribution in [0.1, 0.15) is 20.8 Å². The standard InChI is InChI=1S/C9H18N2O3/c1-5-11(6-8(12)10-4)9(13)14-7(2)3/h7H,5-6H2,1-4H3,(H,10,12). The molecule has 0 rings (SSSR count). The topological polar surface area (TPSA) is 58.6 Å². The molecule has 0 atom stereocenters. The zero-order chi connectivity index (χ0) is 11.1. The molecule has 0 aromatic carbocycles. The molecule has 0 unspecified atom stereocenters. The van der Waals surface area contributed by atoms with E-state index in [2.05, 4.69) is 5.32 Å². The van der Waals surface area contributed by atoms with Gasteiger partial charge in [-0.25, -0.2) is 4.79 Å². The van der Waals surface area contributed by atoms with Crippen molar-refractivity contribution in [3.63, 3.8) is 0 Å². The number of rotatable bonds is 4. The van der Waals surface area contributed by atoms with Gasteiger partial charge in [-0.2, -0.15) is 0 Å². The minimum atomic E-state index is -0.453. The van der Waals surface area contributed by atoms with Gasteiger partial charge in [-0.15, -0.1) is 0 Å². The highest BCUT2D eigenvalue weighted by Crippen LogP contribution is 1.97. The first-order valence-electron chi connectivity index (χ1n) is 4.67. The van der Waals surface area contributed by atoms with Crippen LogP contribution >= 0.6 is 0 Å². The third-order valence-electron chi connectivity index (χ3n) is 1.59. The second kappa shape index (κ2) is 6.23. The number of ether oxygens (including phenoxy) is 1. The predicted octanol–water partition coefficient (Wildman–Crippen LogP) is 0.599. The van der Waals surface area contributed by atoms with Crippen LogP contribution in [0.5, 0.6) is 0 Å². The van der Waals surface area contributed by atoms with Gasteiger partial charge >= 0.3 is 6.09 Å². The predicted molar refractivity (Wildman–Crippen MR) is 52.9 cm³/mol. The fourth-order valence-corrected chi connectivity index (χ4v) is 0.834. The first-order chi connectivity index (χ1) is 6.51. The molecule has 82 valence electrons. The van der Waals surface area contributed by atoms with Crippen LogP contribution in [0.4, 0.5) is 4.79 Å². The number of carbonyl (C=O) groups is 2. The lowest BCUT2D eigenvalue weighted by molar-refractivity contribution is -0.121. The number of nitrogens with zero attached hydrogens (tertiary/aromatic N) is 1. The van der Waals surface area contributed by atoms with E-state index < -0.39 is 6.09 Å². The van der Waals surface area contributed by atoms with Crippen molar-refractivity contribution in [2.75, 3.05) is 20.1 Å². The summed E-state index contributed by atoms with van der Waals surface area (Å²) in [6.45, 7) is 5.83. The van der Waals surface area contributed by atoms with Crippen LogP contribution in [0.15, 0.2) is 0 Å². The highest BCUT2D eigenvalue weighted by atomic mass is 16.6. The minimum Gasteiger partial charge on any atom is -0.447 e. The molecule has 2 amide bonds. The highest BCUT2D eigenvalue weighted by Gasteiger charge is 2.16. The Kier molecular flexibility index (Phi) is 5.67. The lowest BCUT2D eigenvalue weighted by Gasteiger charge is -2.20. The molecular weight excluding hydrogens is 184 g/mol. The van der Waals surface area contributed by atoms with Crippen molar-refractivity contribution in [1.82, 2.24) is 10.2 Å². The van der Waals surface area contributed by atoms with E-state index in [1.54, 1.807) is 20.8 Å². The molecule has 0 fully saturated rings. The number of amides is 2. The summed E-state index contributed by atoms with van der Waals surface area (Å²) in [7, 11) is 1.53. The number of hydrogen-bond donors (Lipinski definition) is 1. The number of likely N-dealkylation sites (N-methyl/N-ethyl adjacent to an activating group) is 2. The van der Waals surface area contributed by atoms with Crippen LogP contribution in [0, 0.1) is 0 Å². The van der Waals surface area contributed by atoms with Crippen molar-refractivity contribution < 1.29 is 14.3 Å². The van der Waals surface area contributed by atoms with E-state index in [1.807, 2.05) is 0 Å². The zero-order valence-electron chi connectivity index (χ0n) is 9.16. The Bertz CT molecular complexity index is 204. The molecule has 0 heterocycles. The van der Waals surface area contributed by atoms with Crippen molar-refractivity contribution in [3.8, 4) is 0 Å². The lowest BCUT2D eigenvalue weighted by Crippen LogP contribution is -2.40. The first kappa shape index (κ1) is 12.7. The molecule has 14 heavy (non-hydrogen) atoms. The molecule has 0 aromatic heterocycles. The number of nitrogens with one attached hydrogen (secondary N) is 1. The largest absolute Gasteiger partial charge is 0.447 e. The fraction of sp³-hybridized carbons (Fsp3) is 0.778. The normalized spacial score (nSPS) is 9.79. The summed E-state index contributed by atoms with van der Waals surface area (Å²) in [6, 6.07) is 0. The molecule has 0 bridgehead atoms. The Morgan fingerprint density at radius 1 is 1.43 bits per heavy atom. The molecule has 5 nitrogen and oxygen atoms in total. The van der Waals surface area contributed by atoms with E-state index in [1.165, 1.54) is 11.9 Å². The average molecular weight is 202 g/mol. The Balaban J connectivity index is 4.12.